The molecule has 38 heavy (non-hydrogen) atoms. The summed E-state index contributed by atoms with van der Waals surface area (Å²) >= 11 is 0. The number of anilines is 1. The van der Waals surface area contributed by atoms with Crippen molar-refractivity contribution in [1.82, 2.24) is 10.2 Å². The van der Waals surface area contributed by atoms with Gasteiger partial charge in [0.2, 0.25) is 0 Å². The van der Waals surface area contributed by atoms with Gasteiger partial charge in [-0.1, -0.05) is 26.0 Å². The number of benzene rings is 2. The Labute approximate surface area is 225 Å². The molecule has 2 rings (SSSR count). The molecular weight excluding hydrogens is 486 g/mol. The maximum absolute atomic E-state index is 12.9. The molecule has 0 aliphatic rings. The fourth-order valence-electron chi connectivity index (χ4n) is 3.99. The number of rotatable bonds is 11. The zero-order chi connectivity index (χ0) is 28.7. The molecule has 0 aliphatic heterocycles. The number of phenols is 1. The third-order valence-electron chi connectivity index (χ3n) is 6.29. The number of methoxy groups -OCH3 is 2. The second-order valence-corrected chi connectivity index (χ2v) is 9.87. The first-order chi connectivity index (χ1) is 17.8. The lowest BCUT2D eigenvalue weighted by Crippen LogP contribution is -2.56. The van der Waals surface area contributed by atoms with Crippen LogP contribution in [0.2, 0.25) is 0 Å². The molecule has 10 nitrogen and oxygen atoms in total. The van der Waals surface area contributed by atoms with Gasteiger partial charge in [0.05, 0.1) is 19.8 Å². The van der Waals surface area contributed by atoms with Crippen molar-refractivity contribution in [3.63, 3.8) is 0 Å². The second kappa shape index (κ2) is 13.3. The average molecular weight is 528 g/mol. The molecule has 208 valence electrons. The molecule has 0 fully saturated rings. The molecule has 0 bridgehead atoms. The standard InChI is InChI=1S/C28H41N5O5/c1-16(2)21-13-22(23(34)14-24(21)37-7)25(29)33(26(30)27(35)31-17(3)4)20-11-9-19(10-12-20)15-32(6)18(5)28(36)38-8/h9-14,16-18,26,29,34H,15,30H2,1-8H3,(H,31,35). The van der Waals surface area contributed by atoms with Crippen molar-refractivity contribution < 1.29 is 24.2 Å². The van der Waals surface area contributed by atoms with Gasteiger partial charge in [-0.25, -0.2) is 0 Å². The number of nitrogens with zero attached hydrogens (tertiary/aromatic N) is 2. The van der Waals surface area contributed by atoms with E-state index >= 15 is 0 Å². The number of hydrogen-bond acceptors (Lipinski definition) is 8. The Morgan fingerprint density at radius 1 is 1.08 bits per heavy atom. The first-order valence-electron chi connectivity index (χ1n) is 12.5. The Morgan fingerprint density at radius 3 is 2.18 bits per heavy atom. The van der Waals surface area contributed by atoms with Gasteiger partial charge in [-0.2, -0.15) is 0 Å². The third kappa shape index (κ3) is 7.23. The summed E-state index contributed by atoms with van der Waals surface area (Å²) in [6, 6.07) is 9.79. The zero-order valence-corrected chi connectivity index (χ0v) is 23.5. The highest BCUT2D eigenvalue weighted by molar-refractivity contribution is 6.12. The molecule has 0 radical (unpaired) electrons. The van der Waals surface area contributed by atoms with E-state index in [0.717, 1.165) is 11.1 Å². The van der Waals surface area contributed by atoms with Crippen LogP contribution < -0.4 is 20.7 Å². The predicted octanol–water partition coefficient (Wildman–Crippen LogP) is 3.16. The molecule has 0 spiro atoms. The van der Waals surface area contributed by atoms with Gasteiger partial charge in [0.25, 0.3) is 5.91 Å². The van der Waals surface area contributed by atoms with Crippen molar-refractivity contribution in [3.05, 3.63) is 53.1 Å². The molecule has 0 heterocycles. The van der Waals surface area contributed by atoms with Gasteiger partial charge in [-0.15, -0.1) is 0 Å². The monoisotopic (exact) mass is 527 g/mol. The largest absolute Gasteiger partial charge is 0.507 e. The predicted molar refractivity (Wildman–Crippen MR) is 149 cm³/mol. The van der Waals surface area contributed by atoms with Gasteiger partial charge in [-0.05, 0) is 63.1 Å². The number of aromatic hydroxyl groups is 1. The van der Waals surface area contributed by atoms with Crippen LogP contribution in [0.1, 0.15) is 57.2 Å². The van der Waals surface area contributed by atoms with Gasteiger partial charge in [0, 0.05) is 24.3 Å². The Hall–Kier alpha value is -3.63. The number of amides is 1. The van der Waals surface area contributed by atoms with Crippen LogP contribution in [-0.4, -0.2) is 67.2 Å². The summed E-state index contributed by atoms with van der Waals surface area (Å²) in [5.41, 5.74) is 8.83. The van der Waals surface area contributed by atoms with E-state index < -0.39 is 18.1 Å². The van der Waals surface area contributed by atoms with Crippen molar-refractivity contribution >= 4 is 23.4 Å². The van der Waals surface area contributed by atoms with Crippen molar-refractivity contribution in [2.75, 3.05) is 26.2 Å². The van der Waals surface area contributed by atoms with Crippen molar-refractivity contribution in [1.29, 1.82) is 5.41 Å². The minimum Gasteiger partial charge on any atom is -0.507 e. The quantitative estimate of drug-likeness (QED) is 0.151. The van der Waals surface area contributed by atoms with Crippen LogP contribution in [0.3, 0.4) is 0 Å². The molecule has 1 amide bonds. The van der Waals surface area contributed by atoms with Crippen LogP contribution in [-0.2, 0) is 20.9 Å². The highest BCUT2D eigenvalue weighted by atomic mass is 16.5. The molecule has 2 atom stereocenters. The topological polar surface area (TPSA) is 141 Å². The van der Waals surface area contributed by atoms with Crippen molar-refractivity contribution in [3.8, 4) is 11.5 Å². The van der Waals surface area contributed by atoms with Gasteiger partial charge in [0.15, 0.2) is 6.17 Å². The van der Waals surface area contributed by atoms with Crippen LogP contribution >= 0.6 is 0 Å². The molecular formula is C28H41N5O5. The van der Waals surface area contributed by atoms with E-state index in [1.165, 1.54) is 25.2 Å². The van der Waals surface area contributed by atoms with E-state index in [2.05, 4.69) is 5.32 Å². The van der Waals surface area contributed by atoms with Crippen molar-refractivity contribution in [2.45, 2.75) is 65.3 Å². The number of nitrogens with two attached hydrogens (primary N) is 1. The van der Waals surface area contributed by atoms with E-state index in [4.69, 9.17) is 20.6 Å². The molecule has 0 saturated carbocycles. The smallest absolute Gasteiger partial charge is 0.322 e. The van der Waals surface area contributed by atoms with E-state index in [-0.39, 0.29) is 35.1 Å². The van der Waals surface area contributed by atoms with Crippen LogP contribution in [0.15, 0.2) is 36.4 Å². The van der Waals surface area contributed by atoms with Gasteiger partial charge in [-0.3, -0.25) is 19.9 Å². The number of likely N-dealkylation sites (N-methyl/N-ethyl adjacent to an activating group) is 1. The van der Waals surface area contributed by atoms with Crippen molar-refractivity contribution in [2.24, 2.45) is 5.73 Å². The number of amidine groups is 1. The summed E-state index contributed by atoms with van der Waals surface area (Å²) in [5, 5.41) is 22.6. The molecule has 10 heteroatoms. The molecule has 0 saturated heterocycles. The summed E-state index contributed by atoms with van der Waals surface area (Å²) in [7, 11) is 4.70. The number of carbonyl (C=O) groups is 2. The van der Waals surface area contributed by atoms with Gasteiger partial charge >= 0.3 is 5.97 Å². The summed E-state index contributed by atoms with van der Waals surface area (Å²) in [5.74, 6) is -0.511. The van der Waals surface area contributed by atoms with E-state index in [9.17, 15) is 14.7 Å². The van der Waals surface area contributed by atoms with Gasteiger partial charge in [0.1, 0.15) is 23.4 Å². The van der Waals surface area contributed by atoms with Crippen LogP contribution in [0.4, 0.5) is 5.69 Å². The molecule has 0 aromatic heterocycles. The highest BCUT2D eigenvalue weighted by Crippen LogP contribution is 2.34. The minimum absolute atomic E-state index is 0.0621. The third-order valence-corrected chi connectivity index (χ3v) is 6.29. The van der Waals surface area contributed by atoms with E-state index in [0.29, 0.717) is 18.0 Å². The normalized spacial score (nSPS) is 12.8. The lowest BCUT2D eigenvalue weighted by molar-refractivity contribution is -0.146. The van der Waals surface area contributed by atoms with E-state index in [1.807, 2.05) is 51.8 Å². The number of ether oxygens (including phenoxy) is 2. The zero-order valence-electron chi connectivity index (χ0n) is 23.5. The summed E-state index contributed by atoms with van der Waals surface area (Å²) in [4.78, 5) is 28.0. The SMILES string of the molecule is COC(=O)C(C)N(C)Cc1ccc(N(C(=N)c2cc(C(C)C)c(OC)cc2O)C(N)C(=O)NC(C)C)cc1. The molecule has 5 N–H and O–H groups in total. The van der Waals surface area contributed by atoms with Crippen LogP contribution in [0.5, 0.6) is 11.5 Å². The second-order valence-electron chi connectivity index (χ2n) is 9.87. The first kappa shape index (κ1) is 30.6. The maximum Gasteiger partial charge on any atom is 0.322 e. The lowest BCUT2D eigenvalue weighted by Gasteiger charge is -2.32. The number of phenolic OH excluding ortho intramolecular Hbond substituents is 1. The van der Waals surface area contributed by atoms with Crippen LogP contribution in [0, 0.1) is 5.41 Å². The Bertz CT molecular complexity index is 1130. The molecule has 2 aromatic rings. The summed E-state index contributed by atoms with van der Waals surface area (Å²) < 4.78 is 10.2. The Balaban J connectivity index is 2.50. The van der Waals surface area contributed by atoms with Gasteiger partial charge < -0.3 is 30.5 Å². The average Bonchev–Trinajstić information content (AvgIpc) is 2.87. The minimum atomic E-state index is -1.23. The summed E-state index contributed by atoms with van der Waals surface area (Å²) in [6.07, 6.45) is -1.23. The molecule has 2 unspecified atom stereocenters. The number of nitrogens with one attached hydrogen (secondary N) is 2. The fourth-order valence-corrected chi connectivity index (χ4v) is 3.99. The van der Waals surface area contributed by atoms with E-state index in [1.54, 1.807) is 25.1 Å². The molecule has 2 aromatic carbocycles. The summed E-state index contributed by atoms with van der Waals surface area (Å²) in [6.45, 7) is 9.86. The van der Waals surface area contributed by atoms with Crippen LogP contribution in [0.25, 0.3) is 0 Å². The first-order valence-corrected chi connectivity index (χ1v) is 12.5. The number of hydrogen-bond donors (Lipinski definition) is 4. The number of carbonyl (C=O) groups excluding carboxylic acids is 2. The highest BCUT2D eigenvalue weighted by Gasteiger charge is 2.29. The Morgan fingerprint density at radius 2 is 1.68 bits per heavy atom. The fraction of sp³-hybridized carbons (Fsp3) is 0.464. The number of esters is 1. The maximum atomic E-state index is 12.9. The Kier molecular flexibility index (Phi) is 10.7. The lowest BCUT2D eigenvalue weighted by atomic mass is 9.97. The molecule has 0 aliphatic carbocycles.